The number of amides is 2. The monoisotopic (exact) mass is 734 g/mol. The number of anilines is 1. The minimum Gasteiger partial charge on any atom is -0.477 e. The maximum absolute atomic E-state index is 13.7. The van der Waals surface area contributed by atoms with Gasteiger partial charge in [0.2, 0.25) is 0 Å². The number of nitrogens with one attached hydrogen (secondary N) is 2. The molecule has 14 heteroatoms. The van der Waals surface area contributed by atoms with Gasteiger partial charge in [-0.15, -0.1) is 34.4 Å². The van der Waals surface area contributed by atoms with Crippen LogP contribution in [-0.4, -0.2) is 67.7 Å². The van der Waals surface area contributed by atoms with Crippen LogP contribution < -0.4 is 10.6 Å². The highest BCUT2D eigenvalue weighted by atomic mass is 32.2. The number of oxime groups is 1. The summed E-state index contributed by atoms with van der Waals surface area (Å²) in [5.41, 5.74) is 4.30. The molecule has 0 spiro atoms. The van der Waals surface area contributed by atoms with Gasteiger partial charge in [0.15, 0.2) is 10.8 Å². The lowest BCUT2D eigenvalue weighted by molar-refractivity contribution is -0.150. The van der Waals surface area contributed by atoms with E-state index in [0.717, 1.165) is 21.6 Å². The van der Waals surface area contributed by atoms with E-state index in [1.807, 2.05) is 54.6 Å². The van der Waals surface area contributed by atoms with E-state index in [-0.39, 0.29) is 17.1 Å². The van der Waals surface area contributed by atoms with Gasteiger partial charge in [-0.05, 0) is 28.3 Å². The second-order valence-corrected chi connectivity index (χ2v) is 14.3. The molecule has 2 aromatic heterocycles. The van der Waals surface area contributed by atoms with Crippen LogP contribution in [-0.2, 0) is 24.8 Å². The van der Waals surface area contributed by atoms with Crippen molar-refractivity contribution >= 4 is 69.1 Å². The van der Waals surface area contributed by atoms with Crippen LogP contribution in [0, 0.1) is 0 Å². The first-order valence-electron chi connectivity index (χ1n) is 15.7. The zero-order valence-corrected chi connectivity index (χ0v) is 29.5. The van der Waals surface area contributed by atoms with Crippen LogP contribution in [0.1, 0.15) is 27.3 Å². The van der Waals surface area contributed by atoms with E-state index in [1.54, 1.807) is 29.2 Å². The fraction of sp³-hybridized carbons (Fsp3) is 0.135. The van der Waals surface area contributed by atoms with E-state index < -0.39 is 34.7 Å². The van der Waals surface area contributed by atoms with E-state index in [1.165, 1.54) is 46.4 Å². The predicted octanol–water partition coefficient (Wildman–Crippen LogP) is 5.81. The summed E-state index contributed by atoms with van der Waals surface area (Å²) in [5, 5.41) is 22.1. The zero-order valence-electron chi connectivity index (χ0n) is 27.0. The Morgan fingerprint density at radius 1 is 0.961 bits per heavy atom. The largest absolute Gasteiger partial charge is 0.477 e. The van der Waals surface area contributed by atoms with E-state index >= 15 is 0 Å². The molecule has 0 radical (unpaired) electrons. The second kappa shape index (κ2) is 14.7. The maximum Gasteiger partial charge on any atom is 0.352 e. The number of β-lactam (4-membered cyclic amide) rings is 1. The number of carbonyl (C=O) groups is 3. The number of hydrogen-bond acceptors (Lipinski definition) is 11. The fourth-order valence-electron chi connectivity index (χ4n) is 6.15. The van der Waals surface area contributed by atoms with E-state index in [0.29, 0.717) is 16.5 Å². The molecule has 5 aromatic rings. The smallest absolute Gasteiger partial charge is 0.352 e. The molecule has 0 bridgehead atoms. The molecule has 2 aliphatic rings. The molecule has 11 nitrogen and oxygen atoms in total. The molecule has 3 N–H and O–H groups in total. The van der Waals surface area contributed by atoms with Gasteiger partial charge in [-0.1, -0.05) is 102 Å². The molecular formula is C37H30N6O5S3. The molecule has 2 atom stereocenters. The molecule has 2 aliphatic heterocycles. The highest BCUT2D eigenvalue weighted by Gasteiger charge is 2.54. The van der Waals surface area contributed by atoms with Crippen molar-refractivity contribution in [3.8, 4) is 0 Å². The summed E-state index contributed by atoms with van der Waals surface area (Å²) < 4.78 is 0. The maximum atomic E-state index is 13.7. The molecule has 4 heterocycles. The summed E-state index contributed by atoms with van der Waals surface area (Å²) in [6, 6.07) is 29.2. The number of rotatable bonds is 12. The molecule has 51 heavy (non-hydrogen) atoms. The number of aromatic nitrogens is 2. The average Bonchev–Trinajstić information content (AvgIpc) is 3.87. The molecule has 0 saturated carbocycles. The third-order valence-corrected chi connectivity index (χ3v) is 11.2. The normalized spacial score (nSPS) is 17.5. The van der Waals surface area contributed by atoms with Gasteiger partial charge in [0.1, 0.15) is 35.5 Å². The van der Waals surface area contributed by atoms with Gasteiger partial charge in [-0.25, -0.2) is 9.78 Å². The average molecular weight is 735 g/mol. The molecule has 1 fully saturated rings. The first-order valence-corrected chi connectivity index (χ1v) is 18.5. The third-order valence-electron chi connectivity index (χ3n) is 8.45. The number of carboxylic acid groups (broad SMARTS) is 1. The summed E-state index contributed by atoms with van der Waals surface area (Å²) in [6.45, 7) is 0. The molecular weight excluding hydrogens is 705 g/mol. The van der Waals surface area contributed by atoms with Crippen LogP contribution in [0.5, 0.6) is 0 Å². The quantitative estimate of drug-likeness (QED) is 0.0626. The topological polar surface area (TPSA) is 146 Å². The Hall–Kier alpha value is -5.57. The van der Waals surface area contributed by atoms with Crippen molar-refractivity contribution in [1.29, 1.82) is 0 Å². The summed E-state index contributed by atoms with van der Waals surface area (Å²) >= 11 is 4.08. The number of aliphatic carboxylic acids is 1. The third kappa shape index (κ3) is 6.56. The first kappa shape index (κ1) is 33.9. The lowest BCUT2D eigenvalue weighted by Crippen LogP contribution is -2.71. The van der Waals surface area contributed by atoms with E-state index in [4.69, 9.17) is 9.82 Å². The number of benzene rings is 3. The molecule has 2 amide bonds. The van der Waals surface area contributed by atoms with Crippen LogP contribution in [0.3, 0.4) is 0 Å². The van der Waals surface area contributed by atoms with Crippen molar-refractivity contribution < 1.29 is 24.3 Å². The van der Waals surface area contributed by atoms with Crippen LogP contribution in [0.4, 0.5) is 5.13 Å². The van der Waals surface area contributed by atoms with Gasteiger partial charge in [0, 0.05) is 22.2 Å². The van der Waals surface area contributed by atoms with Gasteiger partial charge in [-0.2, -0.15) is 0 Å². The fourth-order valence-corrected chi connectivity index (χ4v) is 8.73. The second-order valence-electron chi connectivity index (χ2n) is 11.4. The highest BCUT2D eigenvalue weighted by molar-refractivity contribution is 8.00. The van der Waals surface area contributed by atoms with Gasteiger partial charge in [-0.3, -0.25) is 19.5 Å². The van der Waals surface area contributed by atoms with Crippen molar-refractivity contribution in [3.05, 3.63) is 153 Å². The summed E-state index contributed by atoms with van der Waals surface area (Å²) in [6.07, 6.45) is 5.14. The van der Waals surface area contributed by atoms with Crippen LogP contribution >= 0.6 is 34.4 Å². The highest BCUT2D eigenvalue weighted by Crippen LogP contribution is 2.42. The van der Waals surface area contributed by atoms with Crippen molar-refractivity contribution in [2.75, 3.05) is 18.2 Å². The number of fused-ring (bicyclic) bond motifs is 1. The Kier molecular flexibility index (Phi) is 9.79. The van der Waals surface area contributed by atoms with Gasteiger partial charge in [0.05, 0.1) is 5.51 Å². The van der Waals surface area contributed by atoms with Crippen molar-refractivity contribution in [2.24, 2.45) is 5.16 Å². The Morgan fingerprint density at radius 3 is 2.14 bits per heavy atom. The number of thiazole rings is 2. The van der Waals surface area contributed by atoms with Crippen LogP contribution in [0.25, 0.3) is 6.08 Å². The zero-order chi connectivity index (χ0) is 35.4. The van der Waals surface area contributed by atoms with Crippen LogP contribution in [0.2, 0.25) is 0 Å². The van der Waals surface area contributed by atoms with Gasteiger partial charge >= 0.3 is 5.97 Å². The van der Waals surface area contributed by atoms with E-state index in [9.17, 15) is 19.5 Å². The Labute approximate surface area is 305 Å². The first-order chi connectivity index (χ1) is 24.9. The Morgan fingerprint density at radius 2 is 1.59 bits per heavy atom. The van der Waals surface area contributed by atoms with E-state index in [2.05, 4.69) is 57.2 Å². The molecule has 0 aliphatic carbocycles. The molecule has 7 rings (SSSR count). The Balaban J connectivity index is 1.15. The number of carbonyl (C=O) groups excluding carboxylic acids is 2. The summed E-state index contributed by atoms with van der Waals surface area (Å²) in [4.78, 5) is 55.4. The van der Waals surface area contributed by atoms with Gasteiger partial charge < -0.3 is 20.6 Å². The number of thioether (sulfide) groups is 1. The van der Waals surface area contributed by atoms with Crippen molar-refractivity contribution in [3.63, 3.8) is 0 Å². The number of nitrogens with zero attached hydrogens (tertiary/aromatic N) is 4. The minimum absolute atomic E-state index is 0.102. The number of allylic oxidation sites excluding steroid dienone is 1. The summed E-state index contributed by atoms with van der Waals surface area (Å²) in [5.74, 6) is -2.09. The van der Waals surface area contributed by atoms with Crippen LogP contribution in [0.15, 0.2) is 131 Å². The molecule has 1 unspecified atom stereocenters. The predicted molar refractivity (Wildman–Crippen MR) is 199 cm³/mol. The SMILES string of the molecule is CON=C(C(=O)NC1C(=O)N2C(C(=O)O)=C(C=Cc3cncs3)CS[C@@H]12)c1csc(NC(c2ccccc2)(c2ccccc2)c2ccccc2)n1. The van der Waals surface area contributed by atoms with Crippen molar-refractivity contribution in [2.45, 2.75) is 17.0 Å². The lowest BCUT2D eigenvalue weighted by Gasteiger charge is -2.49. The Bertz CT molecular complexity index is 2040. The van der Waals surface area contributed by atoms with Crippen molar-refractivity contribution in [1.82, 2.24) is 20.2 Å². The molecule has 3 aromatic carbocycles. The molecule has 1 saturated heterocycles. The lowest BCUT2D eigenvalue weighted by atomic mass is 9.77. The van der Waals surface area contributed by atoms with Gasteiger partial charge in [0.25, 0.3) is 11.8 Å². The summed E-state index contributed by atoms with van der Waals surface area (Å²) in [7, 11) is 1.32. The standard InChI is InChI=1S/C37H30N6O5S3/c1-48-42-29(32(44)40-30-33(45)43-31(35(46)47)23(20-49-34(30)43)17-18-27-19-38-22-51-27)28-21-50-36(39-28)41-37(24-11-5-2-6-12-24,25-13-7-3-8-14-25)26-15-9-4-10-16-26/h2-19,21-22,30,34H,20H2,1H3,(H,39,41)(H,40,44)(H,46,47)/t30?,34-/m0/s1. The number of carboxylic acids is 1. The number of hydrogen-bond donors (Lipinski definition) is 3. The minimum atomic E-state index is -1.22. The molecule has 256 valence electrons.